The van der Waals surface area contributed by atoms with E-state index in [1.165, 1.54) is 25.7 Å². The number of aliphatic hydroxyl groups is 1. The Hall–Kier alpha value is -0.0800. The molecule has 0 heterocycles. The van der Waals surface area contributed by atoms with Crippen molar-refractivity contribution in [3.63, 3.8) is 0 Å². The summed E-state index contributed by atoms with van der Waals surface area (Å²) in [5.74, 6) is 1.22. The predicted molar refractivity (Wildman–Crippen MR) is 64.9 cm³/mol. The maximum Gasteiger partial charge on any atom is 0.0766 e. The van der Waals surface area contributed by atoms with Crippen LogP contribution < -0.4 is 5.32 Å². The van der Waals surface area contributed by atoms with Crippen molar-refractivity contribution in [2.24, 2.45) is 11.8 Å². The summed E-state index contributed by atoms with van der Waals surface area (Å²) in [5, 5.41) is 13.6. The number of hydrogen-bond acceptors (Lipinski definition) is 2. The molecule has 15 heavy (non-hydrogen) atoms. The van der Waals surface area contributed by atoms with Crippen LogP contribution in [0.1, 0.15) is 53.4 Å². The highest BCUT2D eigenvalue weighted by atomic mass is 16.3. The molecule has 3 unspecified atom stereocenters. The third-order valence-corrected chi connectivity index (χ3v) is 4.11. The molecule has 1 fully saturated rings. The first-order valence-electron chi connectivity index (χ1n) is 6.41. The van der Waals surface area contributed by atoms with Crippen molar-refractivity contribution in [2.45, 2.75) is 65.0 Å². The zero-order chi connectivity index (χ0) is 11.5. The maximum absolute atomic E-state index is 10.1. The van der Waals surface area contributed by atoms with Crippen LogP contribution in [0, 0.1) is 11.8 Å². The molecule has 0 aliphatic heterocycles. The smallest absolute Gasteiger partial charge is 0.0766 e. The molecule has 2 N–H and O–H groups in total. The molecule has 0 aromatic carbocycles. The highest BCUT2D eigenvalue weighted by Gasteiger charge is 2.28. The fourth-order valence-electron chi connectivity index (χ4n) is 2.19. The van der Waals surface area contributed by atoms with Crippen molar-refractivity contribution in [1.82, 2.24) is 5.32 Å². The van der Waals surface area contributed by atoms with E-state index in [4.69, 9.17) is 0 Å². The van der Waals surface area contributed by atoms with Gasteiger partial charge in [-0.2, -0.15) is 0 Å². The van der Waals surface area contributed by atoms with Crippen LogP contribution in [0.2, 0.25) is 0 Å². The lowest BCUT2D eigenvalue weighted by atomic mass is 9.92. The minimum atomic E-state index is -0.565. The van der Waals surface area contributed by atoms with Crippen LogP contribution >= 0.6 is 0 Å². The molecule has 0 bridgehead atoms. The summed E-state index contributed by atoms with van der Waals surface area (Å²) in [6.07, 6.45) is 5.24. The number of hydrogen-bond donors (Lipinski definition) is 2. The topological polar surface area (TPSA) is 32.3 Å². The molecule has 1 aliphatic carbocycles. The summed E-state index contributed by atoms with van der Waals surface area (Å²) < 4.78 is 0. The molecular weight excluding hydrogens is 186 g/mol. The van der Waals surface area contributed by atoms with Gasteiger partial charge in [-0.05, 0) is 38.0 Å². The van der Waals surface area contributed by atoms with E-state index in [-0.39, 0.29) is 0 Å². The van der Waals surface area contributed by atoms with Crippen LogP contribution in [0.3, 0.4) is 0 Å². The summed E-state index contributed by atoms with van der Waals surface area (Å²) in [6, 6.07) is 0.639. The molecule has 0 amide bonds. The van der Waals surface area contributed by atoms with Crippen molar-refractivity contribution < 1.29 is 5.11 Å². The van der Waals surface area contributed by atoms with E-state index in [1.54, 1.807) is 0 Å². The molecule has 0 aromatic rings. The van der Waals surface area contributed by atoms with Gasteiger partial charge < -0.3 is 10.4 Å². The molecule has 0 radical (unpaired) electrons. The van der Waals surface area contributed by atoms with E-state index in [2.05, 4.69) is 26.1 Å². The van der Waals surface area contributed by atoms with Gasteiger partial charge in [0.25, 0.3) is 0 Å². The molecule has 2 nitrogen and oxygen atoms in total. The molecule has 2 heteroatoms. The largest absolute Gasteiger partial charge is 0.389 e. The molecule has 90 valence electrons. The van der Waals surface area contributed by atoms with Crippen LogP contribution in [0.5, 0.6) is 0 Å². The van der Waals surface area contributed by atoms with Crippen molar-refractivity contribution in [3.05, 3.63) is 0 Å². The second kappa shape index (κ2) is 5.31. The van der Waals surface area contributed by atoms with Gasteiger partial charge in [0, 0.05) is 12.6 Å². The van der Waals surface area contributed by atoms with E-state index in [1.807, 2.05) is 6.92 Å². The quantitative estimate of drug-likeness (QED) is 0.735. The van der Waals surface area contributed by atoms with Crippen LogP contribution in [0.25, 0.3) is 0 Å². The van der Waals surface area contributed by atoms with Gasteiger partial charge in [0.2, 0.25) is 0 Å². The lowest BCUT2D eigenvalue weighted by Gasteiger charge is -2.29. The van der Waals surface area contributed by atoms with Crippen LogP contribution in [-0.4, -0.2) is 23.3 Å². The Bertz CT molecular complexity index is 189. The first-order chi connectivity index (χ1) is 6.95. The van der Waals surface area contributed by atoms with Gasteiger partial charge in [-0.3, -0.25) is 0 Å². The fraction of sp³-hybridized carbons (Fsp3) is 1.00. The second-order valence-electron chi connectivity index (χ2n) is 5.68. The molecule has 3 atom stereocenters. The summed E-state index contributed by atoms with van der Waals surface area (Å²) in [4.78, 5) is 0. The van der Waals surface area contributed by atoms with Crippen molar-refractivity contribution in [3.8, 4) is 0 Å². The minimum Gasteiger partial charge on any atom is -0.389 e. The normalized spacial score (nSPS) is 30.8. The molecule has 1 saturated carbocycles. The predicted octanol–water partition coefficient (Wildman–Crippen LogP) is 2.56. The summed E-state index contributed by atoms with van der Waals surface area (Å²) in [6.45, 7) is 9.08. The van der Waals surface area contributed by atoms with Gasteiger partial charge in [-0.1, -0.05) is 27.2 Å². The van der Waals surface area contributed by atoms with Gasteiger partial charge in [-0.15, -0.1) is 0 Å². The van der Waals surface area contributed by atoms with E-state index in [0.29, 0.717) is 12.0 Å². The molecule has 0 spiro atoms. The molecule has 1 aliphatic rings. The van der Waals surface area contributed by atoms with Gasteiger partial charge in [0.05, 0.1) is 5.60 Å². The Balaban J connectivity index is 2.26. The lowest BCUT2D eigenvalue weighted by molar-refractivity contribution is 0.0118. The molecule has 0 aromatic heterocycles. The number of rotatable bonds is 5. The number of nitrogens with one attached hydrogen (secondary N) is 1. The lowest BCUT2D eigenvalue weighted by Crippen LogP contribution is -2.45. The Morgan fingerprint density at radius 3 is 2.53 bits per heavy atom. The molecular formula is C13H27NO. The van der Waals surface area contributed by atoms with Crippen LogP contribution in [0.15, 0.2) is 0 Å². The van der Waals surface area contributed by atoms with Gasteiger partial charge >= 0.3 is 0 Å². The van der Waals surface area contributed by atoms with Gasteiger partial charge in [-0.25, -0.2) is 0 Å². The third-order valence-electron chi connectivity index (χ3n) is 4.11. The Labute approximate surface area is 94.5 Å². The SMILES string of the molecule is CCC1CCC(NCC(C)(O)C(C)C)C1. The monoisotopic (exact) mass is 213 g/mol. The third kappa shape index (κ3) is 3.76. The Kier molecular flexibility index (Phi) is 4.60. The summed E-state index contributed by atoms with van der Waals surface area (Å²) in [7, 11) is 0. The average molecular weight is 213 g/mol. The first kappa shape index (κ1) is 13.0. The van der Waals surface area contributed by atoms with Gasteiger partial charge in [0.15, 0.2) is 0 Å². The summed E-state index contributed by atoms with van der Waals surface area (Å²) in [5.41, 5.74) is -0.565. The zero-order valence-electron chi connectivity index (χ0n) is 10.7. The van der Waals surface area contributed by atoms with E-state index in [9.17, 15) is 5.11 Å². The standard InChI is InChI=1S/C13H27NO/c1-5-11-6-7-12(8-11)14-9-13(4,15)10(2)3/h10-12,14-15H,5-9H2,1-4H3. The highest BCUT2D eigenvalue weighted by Crippen LogP contribution is 2.28. The minimum absolute atomic E-state index is 0.313. The second-order valence-corrected chi connectivity index (χ2v) is 5.68. The van der Waals surface area contributed by atoms with Crippen molar-refractivity contribution in [1.29, 1.82) is 0 Å². The Morgan fingerprint density at radius 2 is 2.07 bits per heavy atom. The molecule has 0 saturated heterocycles. The average Bonchev–Trinajstić information content (AvgIpc) is 2.62. The van der Waals surface area contributed by atoms with Crippen LogP contribution in [0.4, 0.5) is 0 Å². The zero-order valence-corrected chi connectivity index (χ0v) is 10.7. The van der Waals surface area contributed by atoms with E-state index < -0.39 is 5.60 Å². The van der Waals surface area contributed by atoms with Gasteiger partial charge in [0.1, 0.15) is 0 Å². The van der Waals surface area contributed by atoms with Crippen molar-refractivity contribution in [2.75, 3.05) is 6.54 Å². The summed E-state index contributed by atoms with van der Waals surface area (Å²) >= 11 is 0. The fourth-order valence-corrected chi connectivity index (χ4v) is 2.19. The highest BCUT2D eigenvalue weighted by molar-refractivity contribution is 4.85. The maximum atomic E-state index is 10.1. The van der Waals surface area contributed by atoms with E-state index >= 15 is 0 Å². The Morgan fingerprint density at radius 1 is 1.40 bits per heavy atom. The van der Waals surface area contributed by atoms with Crippen molar-refractivity contribution >= 4 is 0 Å². The van der Waals surface area contributed by atoms with E-state index in [0.717, 1.165) is 12.5 Å². The first-order valence-corrected chi connectivity index (χ1v) is 6.41. The molecule has 1 rings (SSSR count). The van der Waals surface area contributed by atoms with Crippen LogP contribution in [-0.2, 0) is 0 Å².